The molecule has 4 aromatic rings. The minimum absolute atomic E-state index is 0.403. The number of likely N-dealkylation sites (tertiary alicyclic amines) is 1. The number of hydrogen-bond donors (Lipinski definition) is 0. The summed E-state index contributed by atoms with van der Waals surface area (Å²) >= 11 is 1.74. The molecule has 0 saturated carbocycles. The van der Waals surface area contributed by atoms with Crippen molar-refractivity contribution in [3.05, 3.63) is 82.6 Å². The van der Waals surface area contributed by atoms with Crippen LogP contribution >= 0.6 is 11.3 Å². The van der Waals surface area contributed by atoms with Gasteiger partial charge in [-0.3, -0.25) is 4.90 Å². The van der Waals surface area contributed by atoms with Gasteiger partial charge in [-0.2, -0.15) is 0 Å². The van der Waals surface area contributed by atoms with Gasteiger partial charge in [-0.25, -0.2) is 9.97 Å². The Balaban J connectivity index is 1.35. The van der Waals surface area contributed by atoms with Crippen molar-refractivity contribution in [1.82, 2.24) is 14.9 Å². The molecular weight excluding hydrogens is 378 g/mol. The third-order valence-electron chi connectivity index (χ3n) is 5.58. The van der Waals surface area contributed by atoms with Crippen LogP contribution in [0.4, 0.5) is 0 Å². The number of rotatable bonds is 5. The van der Waals surface area contributed by atoms with E-state index in [0.29, 0.717) is 11.9 Å². The SMILES string of the molecule is Cc1oc(-c2ccc(-c3ccccc3)cc2)nc1CN1CCC[C@H]1c1nccs1. The first kappa shape index (κ1) is 18.3. The molecule has 146 valence electrons. The second kappa shape index (κ2) is 7.93. The summed E-state index contributed by atoms with van der Waals surface area (Å²) in [6.45, 7) is 3.90. The van der Waals surface area contributed by atoms with E-state index in [1.807, 2.05) is 19.2 Å². The highest BCUT2D eigenvalue weighted by Gasteiger charge is 2.29. The van der Waals surface area contributed by atoms with Gasteiger partial charge in [-0.15, -0.1) is 11.3 Å². The Bertz CT molecular complexity index is 1070. The van der Waals surface area contributed by atoms with Gasteiger partial charge in [0.05, 0.1) is 11.7 Å². The van der Waals surface area contributed by atoms with Crippen LogP contribution in [-0.2, 0) is 6.54 Å². The predicted molar refractivity (Wildman–Crippen MR) is 117 cm³/mol. The second-order valence-corrected chi connectivity index (χ2v) is 8.39. The van der Waals surface area contributed by atoms with Crippen molar-refractivity contribution in [1.29, 1.82) is 0 Å². The van der Waals surface area contributed by atoms with Gasteiger partial charge in [0.2, 0.25) is 5.89 Å². The smallest absolute Gasteiger partial charge is 0.226 e. The van der Waals surface area contributed by atoms with Gasteiger partial charge >= 0.3 is 0 Å². The summed E-state index contributed by atoms with van der Waals surface area (Å²) in [7, 11) is 0. The van der Waals surface area contributed by atoms with Crippen LogP contribution in [0.1, 0.15) is 35.3 Å². The van der Waals surface area contributed by atoms with Gasteiger partial charge in [-0.05, 0) is 49.6 Å². The molecule has 1 saturated heterocycles. The number of aryl methyl sites for hydroxylation is 1. The lowest BCUT2D eigenvalue weighted by Crippen LogP contribution is -2.23. The highest BCUT2D eigenvalue weighted by Crippen LogP contribution is 2.35. The Kier molecular flexibility index (Phi) is 5.00. The van der Waals surface area contributed by atoms with Crippen molar-refractivity contribution in [3.63, 3.8) is 0 Å². The molecule has 1 atom stereocenters. The number of hydrogen-bond acceptors (Lipinski definition) is 5. The lowest BCUT2D eigenvalue weighted by Gasteiger charge is -2.21. The van der Waals surface area contributed by atoms with Crippen molar-refractivity contribution in [2.45, 2.75) is 32.4 Å². The lowest BCUT2D eigenvalue weighted by molar-refractivity contribution is 0.244. The molecule has 0 spiro atoms. The molecule has 0 bridgehead atoms. The van der Waals surface area contributed by atoms with Crippen LogP contribution in [-0.4, -0.2) is 21.4 Å². The third kappa shape index (κ3) is 3.76. The zero-order valence-electron chi connectivity index (χ0n) is 16.4. The number of nitrogens with zero attached hydrogens (tertiary/aromatic N) is 3. The first-order valence-electron chi connectivity index (χ1n) is 10.0. The molecule has 1 aliphatic heterocycles. The molecule has 0 aliphatic carbocycles. The quantitative estimate of drug-likeness (QED) is 0.404. The maximum absolute atomic E-state index is 6.03. The molecule has 0 radical (unpaired) electrons. The van der Waals surface area contributed by atoms with Crippen LogP contribution < -0.4 is 0 Å². The van der Waals surface area contributed by atoms with Crippen LogP contribution in [0.3, 0.4) is 0 Å². The zero-order valence-corrected chi connectivity index (χ0v) is 17.2. The molecule has 5 rings (SSSR count). The summed E-state index contributed by atoms with van der Waals surface area (Å²) < 4.78 is 6.03. The molecule has 0 unspecified atom stereocenters. The van der Waals surface area contributed by atoms with Crippen molar-refractivity contribution in [3.8, 4) is 22.6 Å². The highest BCUT2D eigenvalue weighted by molar-refractivity contribution is 7.09. The van der Waals surface area contributed by atoms with Crippen molar-refractivity contribution in [2.75, 3.05) is 6.54 Å². The van der Waals surface area contributed by atoms with Crippen molar-refractivity contribution >= 4 is 11.3 Å². The Morgan fingerprint density at radius 1 is 1.03 bits per heavy atom. The fourth-order valence-corrected chi connectivity index (χ4v) is 4.83. The number of oxazole rings is 1. The fraction of sp³-hybridized carbons (Fsp3) is 0.250. The molecule has 1 fully saturated rings. The van der Waals surface area contributed by atoms with E-state index >= 15 is 0 Å². The summed E-state index contributed by atoms with van der Waals surface area (Å²) in [5, 5.41) is 3.27. The molecule has 5 heteroatoms. The van der Waals surface area contributed by atoms with Gasteiger partial charge < -0.3 is 4.42 Å². The van der Waals surface area contributed by atoms with E-state index < -0.39 is 0 Å². The van der Waals surface area contributed by atoms with Crippen molar-refractivity contribution < 1.29 is 4.42 Å². The Labute approximate surface area is 174 Å². The van der Waals surface area contributed by atoms with E-state index in [9.17, 15) is 0 Å². The first-order valence-corrected chi connectivity index (χ1v) is 10.9. The van der Waals surface area contributed by atoms with Crippen LogP contribution in [0, 0.1) is 6.92 Å². The Hall–Kier alpha value is -2.76. The molecule has 29 heavy (non-hydrogen) atoms. The summed E-state index contributed by atoms with van der Waals surface area (Å²) in [6, 6.07) is 19.2. The summed E-state index contributed by atoms with van der Waals surface area (Å²) in [4.78, 5) is 11.8. The molecular formula is C24H23N3OS. The minimum Gasteiger partial charge on any atom is -0.441 e. The number of benzene rings is 2. The third-order valence-corrected chi connectivity index (χ3v) is 6.46. The fourth-order valence-electron chi connectivity index (χ4n) is 4.02. The van der Waals surface area contributed by atoms with Gasteiger partial charge in [0, 0.05) is 23.7 Å². The van der Waals surface area contributed by atoms with Gasteiger partial charge in [0.25, 0.3) is 0 Å². The van der Waals surface area contributed by atoms with E-state index in [0.717, 1.165) is 36.5 Å². The van der Waals surface area contributed by atoms with E-state index in [1.54, 1.807) is 11.3 Å². The van der Waals surface area contributed by atoms with Crippen molar-refractivity contribution in [2.24, 2.45) is 0 Å². The topological polar surface area (TPSA) is 42.2 Å². The Morgan fingerprint density at radius 3 is 2.55 bits per heavy atom. The van der Waals surface area contributed by atoms with Crippen LogP contribution in [0.2, 0.25) is 0 Å². The molecule has 1 aliphatic rings. The summed E-state index contributed by atoms with van der Waals surface area (Å²) in [5.41, 5.74) is 4.44. The van der Waals surface area contributed by atoms with Gasteiger partial charge in [0.1, 0.15) is 10.8 Å². The maximum atomic E-state index is 6.03. The van der Waals surface area contributed by atoms with E-state index in [1.165, 1.54) is 22.6 Å². The number of aromatic nitrogens is 2. The van der Waals surface area contributed by atoms with Crippen LogP contribution in [0.25, 0.3) is 22.6 Å². The molecule has 3 heterocycles. The Morgan fingerprint density at radius 2 is 1.79 bits per heavy atom. The van der Waals surface area contributed by atoms with Gasteiger partial charge in [-0.1, -0.05) is 42.5 Å². The van der Waals surface area contributed by atoms with Gasteiger partial charge in [0.15, 0.2) is 0 Å². The summed E-state index contributed by atoms with van der Waals surface area (Å²) in [6.07, 6.45) is 4.27. The largest absolute Gasteiger partial charge is 0.441 e. The molecule has 4 nitrogen and oxygen atoms in total. The first-order chi connectivity index (χ1) is 14.3. The normalized spacial score (nSPS) is 17.1. The van der Waals surface area contributed by atoms with Crippen LogP contribution in [0.15, 0.2) is 70.6 Å². The average Bonchev–Trinajstić information content (AvgIpc) is 3.51. The highest BCUT2D eigenvalue weighted by atomic mass is 32.1. The second-order valence-electron chi connectivity index (χ2n) is 7.46. The summed E-state index contributed by atoms with van der Waals surface area (Å²) in [5.74, 6) is 1.60. The minimum atomic E-state index is 0.403. The standard InChI is InChI=1S/C24H23N3OS/c1-17-21(16-27-14-5-8-22(27)24-25-13-15-29-24)26-23(28-17)20-11-9-19(10-12-20)18-6-3-2-4-7-18/h2-4,6-7,9-13,15,22H,5,8,14,16H2,1H3/t22-/m0/s1. The molecule has 0 amide bonds. The van der Waals surface area contributed by atoms with E-state index in [-0.39, 0.29) is 0 Å². The monoisotopic (exact) mass is 401 g/mol. The van der Waals surface area contributed by atoms with Crippen LogP contribution in [0.5, 0.6) is 0 Å². The predicted octanol–water partition coefficient (Wildman–Crippen LogP) is 6.11. The molecule has 2 aromatic heterocycles. The average molecular weight is 402 g/mol. The zero-order chi connectivity index (χ0) is 19.6. The molecule has 0 N–H and O–H groups in total. The number of thiazole rings is 1. The molecule has 2 aromatic carbocycles. The lowest BCUT2D eigenvalue weighted by atomic mass is 10.0. The maximum Gasteiger partial charge on any atom is 0.226 e. The van der Waals surface area contributed by atoms with E-state index in [4.69, 9.17) is 9.40 Å². The van der Waals surface area contributed by atoms with E-state index in [2.05, 4.69) is 63.8 Å².